The molecule has 15 aromatic rings. The summed E-state index contributed by atoms with van der Waals surface area (Å²) in [5.41, 5.74) is 19.3. The number of aromatic nitrogens is 5. The van der Waals surface area contributed by atoms with Crippen molar-refractivity contribution in [2.45, 2.75) is 0 Å². The lowest BCUT2D eigenvalue weighted by Gasteiger charge is -2.13. The molecule has 0 aliphatic heterocycles. The molecule has 0 N–H and O–H groups in total. The molecule has 15 rings (SSSR count). The standard InChI is InChI=1S/C71H44N6/c72-45-52-41-53(35-38-56(52)48-31-27-46(28-32-48)47-29-33-50(34-30-47)64-44-63(49-15-3-1-4-16-49)73-71(74-64)51-17-5-2-6-18-51)75-69-39-36-54(76-65-23-11-7-19-57(65)58-20-8-12-24-66(58)76)42-61(69)62-43-55(37-40-70(62)75)77-67-25-13-9-21-59(67)60-22-10-14-26-68(60)77/h1-44H. The van der Waals surface area contributed by atoms with Gasteiger partial charge in [-0.1, -0.05) is 188 Å². The van der Waals surface area contributed by atoms with Crippen molar-refractivity contribution in [3.63, 3.8) is 0 Å². The number of nitriles is 1. The number of para-hydroxylation sites is 4. The molecule has 6 nitrogen and oxygen atoms in total. The Morgan fingerprint density at radius 1 is 0.273 bits per heavy atom. The summed E-state index contributed by atoms with van der Waals surface area (Å²) in [4.78, 5) is 10.0. The van der Waals surface area contributed by atoms with Gasteiger partial charge in [0.15, 0.2) is 5.82 Å². The molecule has 0 fully saturated rings. The summed E-state index contributed by atoms with van der Waals surface area (Å²) in [5, 5.41) is 18.0. The molecule has 0 atom stereocenters. The minimum absolute atomic E-state index is 0.605. The highest BCUT2D eigenvalue weighted by atomic mass is 15.0. The van der Waals surface area contributed by atoms with E-state index in [2.05, 4.69) is 232 Å². The van der Waals surface area contributed by atoms with E-state index in [4.69, 9.17) is 9.97 Å². The second kappa shape index (κ2) is 17.8. The van der Waals surface area contributed by atoms with E-state index in [1.807, 2.05) is 54.6 Å². The first-order valence-electron chi connectivity index (χ1n) is 25.9. The highest BCUT2D eigenvalue weighted by molar-refractivity contribution is 6.14. The Hall–Kier alpha value is -10.6. The number of benzene rings is 11. The maximum atomic E-state index is 10.9. The quantitative estimate of drug-likeness (QED) is 0.152. The zero-order valence-corrected chi connectivity index (χ0v) is 41.6. The van der Waals surface area contributed by atoms with Gasteiger partial charge >= 0.3 is 0 Å². The zero-order chi connectivity index (χ0) is 51.0. The van der Waals surface area contributed by atoms with E-state index in [-0.39, 0.29) is 0 Å². The molecule has 0 unspecified atom stereocenters. The molecule has 358 valence electrons. The van der Waals surface area contributed by atoms with Gasteiger partial charge in [-0.2, -0.15) is 5.26 Å². The van der Waals surface area contributed by atoms with E-state index in [0.29, 0.717) is 11.4 Å². The third-order valence-electron chi connectivity index (χ3n) is 15.3. The molecule has 11 aromatic carbocycles. The van der Waals surface area contributed by atoms with Crippen LogP contribution in [0.2, 0.25) is 0 Å². The fraction of sp³-hybridized carbons (Fsp3) is 0. The predicted molar refractivity (Wildman–Crippen MR) is 317 cm³/mol. The van der Waals surface area contributed by atoms with Crippen LogP contribution in [0.4, 0.5) is 0 Å². The predicted octanol–water partition coefficient (Wildman–Crippen LogP) is 18.0. The number of hydrogen-bond acceptors (Lipinski definition) is 3. The van der Waals surface area contributed by atoms with Crippen LogP contribution in [0.3, 0.4) is 0 Å². The van der Waals surface area contributed by atoms with Crippen LogP contribution < -0.4 is 0 Å². The molecule has 0 saturated carbocycles. The van der Waals surface area contributed by atoms with Crippen molar-refractivity contribution in [3.05, 3.63) is 272 Å². The van der Waals surface area contributed by atoms with E-state index in [1.54, 1.807) is 0 Å². The topological polar surface area (TPSA) is 64.4 Å². The van der Waals surface area contributed by atoms with Crippen LogP contribution in [0, 0.1) is 11.3 Å². The third kappa shape index (κ3) is 7.25. The van der Waals surface area contributed by atoms with Crippen LogP contribution >= 0.6 is 0 Å². The normalized spacial score (nSPS) is 11.6. The first-order valence-corrected chi connectivity index (χ1v) is 25.9. The molecule has 6 heteroatoms. The van der Waals surface area contributed by atoms with Gasteiger partial charge in [-0.25, -0.2) is 9.97 Å². The van der Waals surface area contributed by atoms with Crippen LogP contribution in [0.25, 0.3) is 139 Å². The van der Waals surface area contributed by atoms with Crippen molar-refractivity contribution in [2.75, 3.05) is 0 Å². The smallest absolute Gasteiger partial charge is 0.160 e. The summed E-state index contributed by atoms with van der Waals surface area (Å²) < 4.78 is 7.09. The van der Waals surface area contributed by atoms with Crippen molar-refractivity contribution in [3.8, 4) is 79.3 Å². The average molecular weight is 981 g/mol. The minimum atomic E-state index is 0.605. The van der Waals surface area contributed by atoms with E-state index >= 15 is 0 Å². The molecule has 0 radical (unpaired) electrons. The zero-order valence-electron chi connectivity index (χ0n) is 41.6. The molecular formula is C71H44N6. The van der Waals surface area contributed by atoms with Gasteiger partial charge in [-0.15, -0.1) is 0 Å². The van der Waals surface area contributed by atoms with Gasteiger partial charge in [0.05, 0.1) is 56.1 Å². The Bertz CT molecular complexity index is 4510. The van der Waals surface area contributed by atoms with Crippen LogP contribution in [0.5, 0.6) is 0 Å². The maximum Gasteiger partial charge on any atom is 0.160 e. The summed E-state index contributed by atoms with van der Waals surface area (Å²) in [6, 6.07) is 96.7. The van der Waals surface area contributed by atoms with Crippen LogP contribution in [0.1, 0.15) is 5.56 Å². The van der Waals surface area contributed by atoms with Crippen molar-refractivity contribution in [1.29, 1.82) is 5.26 Å². The molecule has 4 heterocycles. The first-order chi connectivity index (χ1) is 38.1. The Balaban J connectivity index is 0.812. The van der Waals surface area contributed by atoms with Gasteiger partial charge in [-0.3, -0.25) is 0 Å². The van der Waals surface area contributed by atoms with Gasteiger partial charge in [0.25, 0.3) is 0 Å². The monoisotopic (exact) mass is 980 g/mol. The molecule has 0 aliphatic rings. The number of nitrogens with zero attached hydrogens (tertiary/aromatic N) is 6. The molecule has 0 amide bonds. The molecule has 0 saturated heterocycles. The molecular weight excluding hydrogens is 937 g/mol. The minimum Gasteiger partial charge on any atom is -0.309 e. The second-order valence-electron chi connectivity index (χ2n) is 19.7. The van der Waals surface area contributed by atoms with Gasteiger partial charge in [0.1, 0.15) is 0 Å². The van der Waals surface area contributed by atoms with Crippen LogP contribution in [0.15, 0.2) is 267 Å². The van der Waals surface area contributed by atoms with Gasteiger partial charge in [-0.05, 0) is 101 Å². The Kier molecular flexibility index (Phi) is 10.2. The van der Waals surface area contributed by atoms with Crippen molar-refractivity contribution >= 4 is 65.4 Å². The Morgan fingerprint density at radius 3 is 1.08 bits per heavy atom. The number of hydrogen-bond donors (Lipinski definition) is 0. The molecule has 77 heavy (non-hydrogen) atoms. The Morgan fingerprint density at radius 2 is 0.623 bits per heavy atom. The van der Waals surface area contributed by atoms with E-state index in [9.17, 15) is 5.26 Å². The fourth-order valence-corrected chi connectivity index (χ4v) is 11.7. The Labute approximate surface area is 443 Å². The average Bonchev–Trinajstić information content (AvgIpc) is 4.25. The summed E-state index contributed by atoms with van der Waals surface area (Å²) in [6.07, 6.45) is 0. The van der Waals surface area contributed by atoms with Gasteiger partial charge < -0.3 is 13.7 Å². The lowest BCUT2D eigenvalue weighted by molar-refractivity contribution is 1.16. The van der Waals surface area contributed by atoms with Crippen LogP contribution in [-0.2, 0) is 0 Å². The molecule has 0 spiro atoms. The van der Waals surface area contributed by atoms with Crippen LogP contribution in [-0.4, -0.2) is 23.7 Å². The maximum absolute atomic E-state index is 10.9. The SMILES string of the molecule is N#Cc1cc(-n2c3ccc(-n4c5ccccc5c5ccccc54)cc3c3cc(-n4c5ccccc5c5ccccc54)ccc32)ccc1-c1ccc(-c2ccc(-c3cc(-c4ccccc4)nc(-c4ccccc4)n3)cc2)cc1. The summed E-state index contributed by atoms with van der Waals surface area (Å²) in [5.74, 6) is 0.691. The van der Waals surface area contributed by atoms with E-state index in [0.717, 1.165) is 111 Å². The summed E-state index contributed by atoms with van der Waals surface area (Å²) >= 11 is 0. The van der Waals surface area contributed by atoms with Crippen molar-refractivity contribution in [2.24, 2.45) is 0 Å². The first kappa shape index (κ1) is 43.9. The van der Waals surface area contributed by atoms with Gasteiger partial charge in [0.2, 0.25) is 0 Å². The van der Waals surface area contributed by atoms with Crippen molar-refractivity contribution in [1.82, 2.24) is 23.7 Å². The molecule has 0 aliphatic carbocycles. The number of fused-ring (bicyclic) bond motifs is 9. The van der Waals surface area contributed by atoms with Gasteiger partial charge in [0, 0.05) is 66.1 Å². The second-order valence-corrected chi connectivity index (χ2v) is 19.7. The lowest BCUT2D eigenvalue weighted by atomic mass is 9.96. The molecule has 4 aromatic heterocycles. The summed E-state index contributed by atoms with van der Waals surface area (Å²) in [6.45, 7) is 0. The summed E-state index contributed by atoms with van der Waals surface area (Å²) in [7, 11) is 0. The third-order valence-corrected chi connectivity index (χ3v) is 15.3. The highest BCUT2D eigenvalue weighted by Crippen LogP contribution is 2.41. The molecule has 0 bridgehead atoms. The number of rotatable bonds is 8. The largest absolute Gasteiger partial charge is 0.309 e. The fourth-order valence-electron chi connectivity index (χ4n) is 11.7. The van der Waals surface area contributed by atoms with E-state index < -0.39 is 0 Å². The van der Waals surface area contributed by atoms with Crippen molar-refractivity contribution < 1.29 is 0 Å². The lowest BCUT2D eigenvalue weighted by Crippen LogP contribution is -1.97. The van der Waals surface area contributed by atoms with E-state index in [1.165, 1.54) is 21.5 Å². The highest BCUT2D eigenvalue weighted by Gasteiger charge is 2.20.